The molecule has 1 aliphatic carbocycles. The highest BCUT2D eigenvalue weighted by atomic mass is 16.5. The van der Waals surface area contributed by atoms with E-state index in [0.717, 1.165) is 24.6 Å². The molecule has 1 N–H and O–H groups in total. The third-order valence-corrected chi connectivity index (χ3v) is 3.63. The molecule has 3 heterocycles. The topological polar surface area (TPSA) is 47.0 Å². The molecule has 0 aromatic carbocycles. The standard InChI is InChI=1S/C11H13N3O/c1-2-7(1)10-13-3-8-9(14-10)4-15-11(8)5-12-6-11/h3,7,12H,1-2,4-6H2. The average Bonchev–Trinajstić information content (AvgIpc) is 2.96. The summed E-state index contributed by atoms with van der Waals surface area (Å²) < 4.78 is 5.84. The highest BCUT2D eigenvalue weighted by molar-refractivity contribution is 5.32. The molecule has 1 saturated heterocycles. The van der Waals surface area contributed by atoms with Crippen LogP contribution in [0.1, 0.15) is 35.8 Å². The van der Waals surface area contributed by atoms with Crippen LogP contribution in [0.3, 0.4) is 0 Å². The Kier molecular flexibility index (Phi) is 1.40. The lowest BCUT2D eigenvalue weighted by atomic mass is 9.90. The molecule has 78 valence electrons. The van der Waals surface area contributed by atoms with Crippen LogP contribution in [-0.4, -0.2) is 23.1 Å². The molecule has 4 nitrogen and oxygen atoms in total. The molecule has 0 unspecified atom stereocenters. The fourth-order valence-corrected chi connectivity index (χ4v) is 2.39. The van der Waals surface area contributed by atoms with E-state index in [4.69, 9.17) is 4.74 Å². The molecule has 0 atom stereocenters. The summed E-state index contributed by atoms with van der Waals surface area (Å²) in [5.74, 6) is 1.66. The summed E-state index contributed by atoms with van der Waals surface area (Å²) in [6.07, 6.45) is 4.50. The highest BCUT2D eigenvalue weighted by Gasteiger charge is 2.46. The van der Waals surface area contributed by atoms with Crippen LogP contribution in [0.5, 0.6) is 0 Å². The quantitative estimate of drug-likeness (QED) is 0.729. The maximum atomic E-state index is 5.84. The molecule has 4 rings (SSSR count). The Bertz CT molecular complexity index is 424. The number of ether oxygens (including phenoxy) is 1. The minimum Gasteiger partial charge on any atom is -0.361 e. The van der Waals surface area contributed by atoms with E-state index in [-0.39, 0.29) is 5.60 Å². The highest BCUT2D eigenvalue weighted by Crippen LogP contribution is 2.41. The lowest BCUT2D eigenvalue weighted by Crippen LogP contribution is -2.56. The van der Waals surface area contributed by atoms with E-state index in [1.807, 2.05) is 6.20 Å². The molecular weight excluding hydrogens is 190 g/mol. The third kappa shape index (κ3) is 1.03. The molecule has 0 bridgehead atoms. The number of nitrogens with one attached hydrogen (secondary N) is 1. The molecule has 1 saturated carbocycles. The van der Waals surface area contributed by atoms with Crippen LogP contribution in [0.15, 0.2) is 6.20 Å². The first-order chi connectivity index (χ1) is 7.37. The van der Waals surface area contributed by atoms with E-state index < -0.39 is 0 Å². The van der Waals surface area contributed by atoms with Crippen molar-refractivity contribution in [3.05, 3.63) is 23.3 Å². The van der Waals surface area contributed by atoms with Gasteiger partial charge in [0.25, 0.3) is 0 Å². The van der Waals surface area contributed by atoms with Crippen LogP contribution in [0.4, 0.5) is 0 Å². The van der Waals surface area contributed by atoms with Gasteiger partial charge in [0.15, 0.2) is 0 Å². The molecule has 1 aromatic rings. The fourth-order valence-electron chi connectivity index (χ4n) is 2.39. The van der Waals surface area contributed by atoms with Crippen LogP contribution < -0.4 is 5.32 Å². The van der Waals surface area contributed by atoms with Crippen molar-refractivity contribution in [3.8, 4) is 0 Å². The van der Waals surface area contributed by atoms with Crippen LogP contribution in [0.2, 0.25) is 0 Å². The van der Waals surface area contributed by atoms with Crippen molar-refractivity contribution in [1.82, 2.24) is 15.3 Å². The second-order valence-corrected chi connectivity index (χ2v) is 4.75. The van der Waals surface area contributed by atoms with Crippen molar-refractivity contribution in [1.29, 1.82) is 0 Å². The van der Waals surface area contributed by atoms with Crippen molar-refractivity contribution in [2.45, 2.75) is 31.0 Å². The maximum absolute atomic E-state index is 5.84. The van der Waals surface area contributed by atoms with Gasteiger partial charge in [-0.25, -0.2) is 9.97 Å². The SMILES string of the molecule is c1nc(C2CC2)nc2c1C1(CNC1)OC2. The number of nitrogens with zero attached hydrogens (tertiary/aromatic N) is 2. The minimum absolute atomic E-state index is 0.0859. The predicted molar refractivity (Wildman–Crippen MR) is 53.3 cm³/mol. The van der Waals surface area contributed by atoms with E-state index >= 15 is 0 Å². The Morgan fingerprint density at radius 1 is 1.40 bits per heavy atom. The summed E-state index contributed by atoms with van der Waals surface area (Å²) in [4.78, 5) is 9.10. The normalized spacial score (nSPS) is 26.4. The van der Waals surface area contributed by atoms with Gasteiger partial charge in [0.05, 0.1) is 12.3 Å². The Morgan fingerprint density at radius 2 is 2.27 bits per heavy atom. The summed E-state index contributed by atoms with van der Waals surface area (Å²) in [5, 5.41) is 3.25. The molecule has 1 spiro atoms. The van der Waals surface area contributed by atoms with Gasteiger partial charge in [-0.1, -0.05) is 0 Å². The van der Waals surface area contributed by atoms with Crippen LogP contribution in [-0.2, 0) is 16.9 Å². The van der Waals surface area contributed by atoms with Gasteiger partial charge in [0.2, 0.25) is 0 Å². The van der Waals surface area contributed by atoms with Crippen molar-refractivity contribution in [2.24, 2.45) is 0 Å². The summed E-state index contributed by atoms with van der Waals surface area (Å²) in [7, 11) is 0. The monoisotopic (exact) mass is 203 g/mol. The van der Waals surface area contributed by atoms with Gasteiger partial charge in [-0.15, -0.1) is 0 Å². The average molecular weight is 203 g/mol. The van der Waals surface area contributed by atoms with Gasteiger partial charge >= 0.3 is 0 Å². The summed E-state index contributed by atoms with van der Waals surface area (Å²) in [6, 6.07) is 0. The van der Waals surface area contributed by atoms with Crippen molar-refractivity contribution >= 4 is 0 Å². The van der Waals surface area contributed by atoms with Gasteiger partial charge < -0.3 is 10.1 Å². The summed E-state index contributed by atoms with van der Waals surface area (Å²) in [5.41, 5.74) is 2.25. The predicted octanol–water partition coefficient (Wildman–Crippen LogP) is 0.683. The number of hydrogen-bond donors (Lipinski definition) is 1. The lowest BCUT2D eigenvalue weighted by Gasteiger charge is -2.38. The van der Waals surface area contributed by atoms with Gasteiger partial charge in [-0.3, -0.25) is 0 Å². The van der Waals surface area contributed by atoms with Crippen molar-refractivity contribution in [2.75, 3.05) is 13.1 Å². The molecule has 0 amide bonds. The van der Waals surface area contributed by atoms with E-state index in [0.29, 0.717) is 12.5 Å². The number of rotatable bonds is 1. The first kappa shape index (κ1) is 8.19. The molecule has 2 fully saturated rings. The third-order valence-electron chi connectivity index (χ3n) is 3.63. The first-order valence-corrected chi connectivity index (χ1v) is 5.58. The summed E-state index contributed by atoms with van der Waals surface area (Å²) in [6.45, 7) is 2.48. The van der Waals surface area contributed by atoms with E-state index in [1.54, 1.807) is 0 Å². The van der Waals surface area contributed by atoms with Crippen molar-refractivity contribution in [3.63, 3.8) is 0 Å². The largest absolute Gasteiger partial charge is 0.361 e. The van der Waals surface area contributed by atoms with Crippen LogP contribution in [0.25, 0.3) is 0 Å². The molecule has 3 aliphatic rings. The summed E-state index contributed by atoms with van der Waals surface area (Å²) >= 11 is 0. The van der Waals surface area contributed by atoms with Gasteiger partial charge in [-0.2, -0.15) is 0 Å². The minimum atomic E-state index is -0.0859. The molecule has 1 aromatic heterocycles. The molecular formula is C11H13N3O. The smallest absolute Gasteiger partial charge is 0.131 e. The first-order valence-electron chi connectivity index (χ1n) is 5.58. The van der Waals surface area contributed by atoms with Gasteiger partial charge in [-0.05, 0) is 12.8 Å². The molecule has 15 heavy (non-hydrogen) atoms. The van der Waals surface area contributed by atoms with Crippen molar-refractivity contribution < 1.29 is 4.74 Å². The zero-order valence-electron chi connectivity index (χ0n) is 8.49. The number of fused-ring (bicyclic) bond motifs is 2. The van der Waals surface area contributed by atoms with E-state index in [9.17, 15) is 0 Å². The second kappa shape index (κ2) is 2.57. The van der Waals surface area contributed by atoms with E-state index in [1.165, 1.54) is 18.4 Å². The zero-order chi connectivity index (χ0) is 9.88. The maximum Gasteiger partial charge on any atom is 0.131 e. The molecule has 0 radical (unpaired) electrons. The van der Waals surface area contributed by atoms with Gasteiger partial charge in [0, 0.05) is 30.8 Å². The molecule has 2 aliphatic heterocycles. The Balaban J connectivity index is 1.78. The van der Waals surface area contributed by atoms with Crippen LogP contribution in [0, 0.1) is 0 Å². The fraction of sp³-hybridized carbons (Fsp3) is 0.636. The number of hydrogen-bond acceptors (Lipinski definition) is 4. The lowest BCUT2D eigenvalue weighted by molar-refractivity contribution is -0.0750. The Labute approximate surface area is 88.1 Å². The van der Waals surface area contributed by atoms with Gasteiger partial charge in [0.1, 0.15) is 11.4 Å². The number of aromatic nitrogens is 2. The zero-order valence-corrected chi connectivity index (χ0v) is 8.49. The Hall–Kier alpha value is -1.00. The Morgan fingerprint density at radius 3 is 2.93 bits per heavy atom. The second-order valence-electron chi connectivity index (χ2n) is 4.75. The molecule has 4 heteroatoms. The van der Waals surface area contributed by atoms with E-state index in [2.05, 4.69) is 15.3 Å². The van der Waals surface area contributed by atoms with Crippen LogP contribution >= 0.6 is 0 Å².